The lowest BCUT2D eigenvalue weighted by Crippen LogP contribution is -2.14. The van der Waals surface area contributed by atoms with E-state index < -0.39 is 17.9 Å². The van der Waals surface area contributed by atoms with Gasteiger partial charge in [0.2, 0.25) is 0 Å². The van der Waals surface area contributed by atoms with Crippen LogP contribution in [0.3, 0.4) is 0 Å². The van der Waals surface area contributed by atoms with Crippen molar-refractivity contribution in [3.63, 3.8) is 0 Å². The molecule has 1 rings (SSSR count). The van der Waals surface area contributed by atoms with E-state index in [4.69, 9.17) is 0 Å². The van der Waals surface area contributed by atoms with E-state index in [0.29, 0.717) is 0 Å². The van der Waals surface area contributed by atoms with Crippen molar-refractivity contribution in [3.05, 3.63) is 35.4 Å². The molecule has 0 saturated heterocycles. The average Bonchev–Trinajstić information content (AvgIpc) is 2.27. The lowest BCUT2D eigenvalue weighted by Gasteiger charge is -2.05. The first-order valence-corrected chi connectivity index (χ1v) is 4.46. The predicted molar refractivity (Wildman–Crippen MR) is 53.9 cm³/mol. The van der Waals surface area contributed by atoms with Gasteiger partial charge in [-0.25, -0.2) is 9.59 Å². The van der Waals surface area contributed by atoms with Crippen LogP contribution < -0.4 is 0 Å². The third-order valence-electron chi connectivity index (χ3n) is 1.79. The van der Waals surface area contributed by atoms with E-state index in [1.807, 2.05) is 0 Å². The molecule has 0 aromatic heterocycles. The maximum absolute atomic E-state index is 11.4. The smallest absolute Gasteiger partial charge is 0.346 e. The Labute approximate surface area is 92.0 Å². The van der Waals surface area contributed by atoms with Gasteiger partial charge < -0.3 is 9.47 Å². The molecule has 1 aromatic rings. The van der Waals surface area contributed by atoms with Crippen molar-refractivity contribution in [3.8, 4) is 0 Å². The van der Waals surface area contributed by atoms with Gasteiger partial charge in [0.25, 0.3) is 0 Å². The Kier molecular flexibility index (Phi) is 3.77. The summed E-state index contributed by atoms with van der Waals surface area (Å²) < 4.78 is 8.89. The molecule has 5 heteroatoms. The van der Waals surface area contributed by atoms with Gasteiger partial charge in [0.1, 0.15) is 0 Å². The summed E-state index contributed by atoms with van der Waals surface area (Å²) in [4.78, 5) is 33.4. The fourth-order valence-corrected chi connectivity index (χ4v) is 1.13. The standard InChI is InChI=1S/C11H10O5/c1-7(12)16-11(14)9-6-4-3-5-8(9)10(13)15-2/h3-6H,1-2H3. The van der Waals surface area contributed by atoms with Gasteiger partial charge in [-0.05, 0) is 12.1 Å². The fourth-order valence-electron chi connectivity index (χ4n) is 1.13. The first-order chi connectivity index (χ1) is 7.56. The summed E-state index contributed by atoms with van der Waals surface area (Å²) in [5.41, 5.74) is 0.0702. The molecule has 84 valence electrons. The summed E-state index contributed by atoms with van der Waals surface area (Å²) in [7, 11) is 1.20. The zero-order chi connectivity index (χ0) is 12.1. The van der Waals surface area contributed by atoms with Crippen LogP contribution in [-0.2, 0) is 14.3 Å². The summed E-state index contributed by atoms with van der Waals surface area (Å²) in [5.74, 6) is -2.26. The molecule has 16 heavy (non-hydrogen) atoms. The van der Waals surface area contributed by atoms with Gasteiger partial charge >= 0.3 is 17.9 Å². The van der Waals surface area contributed by atoms with Crippen molar-refractivity contribution in [2.24, 2.45) is 0 Å². The second kappa shape index (κ2) is 5.06. The molecule has 0 aliphatic heterocycles. The molecule has 0 aliphatic rings. The zero-order valence-electron chi connectivity index (χ0n) is 8.85. The Balaban J connectivity index is 3.08. The quantitative estimate of drug-likeness (QED) is 0.555. The zero-order valence-corrected chi connectivity index (χ0v) is 8.85. The van der Waals surface area contributed by atoms with Crippen LogP contribution in [0.25, 0.3) is 0 Å². The molecular weight excluding hydrogens is 212 g/mol. The second-order valence-corrected chi connectivity index (χ2v) is 2.92. The Hall–Kier alpha value is -2.17. The molecule has 0 saturated carbocycles. The third-order valence-corrected chi connectivity index (χ3v) is 1.79. The van der Waals surface area contributed by atoms with Crippen molar-refractivity contribution in [2.45, 2.75) is 6.92 Å². The monoisotopic (exact) mass is 222 g/mol. The second-order valence-electron chi connectivity index (χ2n) is 2.92. The summed E-state index contributed by atoms with van der Waals surface area (Å²) >= 11 is 0. The summed E-state index contributed by atoms with van der Waals surface area (Å²) in [6.07, 6.45) is 0. The third kappa shape index (κ3) is 2.66. The average molecular weight is 222 g/mol. The molecule has 0 bridgehead atoms. The highest BCUT2D eigenvalue weighted by Gasteiger charge is 2.19. The van der Waals surface area contributed by atoms with Gasteiger partial charge in [-0.2, -0.15) is 0 Å². The summed E-state index contributed by atoms with van der Waals surface area (Å²) in [6.45, 7) is 1.11. The van der Waals surface area contributed by atoms with E-state index in [9.17, 15) is 14.4 Å². The number of hydrogen-bond donors (Lipinski definition) is 0. The van der Waals surface area contributed by atoms with Crippen molar-refractivity contribution < 1.29 is 23.9 Å². The molecule has 0 heterocycles. The topological polar surface area (TPSA) is 69.7 Å². The van der Waals surface area contributed by atoms with Crippen LogP contribution in [0.2, 0.25) is 0 Å². The number of carbonyl (C=O) groups is 3. The van der Waals surface area contributed by atoms with Crippen LogP contribution in [0.4, 0.5) is 0 Å². The minimum absolute atomic E-state index is 0.00421. The van der Waals surface area contributed by atoms with E-state index in [1.165, 1.54) is 19.2 Å². The highest BCUT2D eigenvalue weighted by molar-refractivity contribution is 6.05. The molecule has 0 fully saturated rings. The molecular formula is C11H10O5. The van der Waals surface area contributed by atoms with Gasteiger partial charge in [-0.3, -0.25) is 4.79 Å². The molecule has 0 atom stereocenters. The molecule has 1 aromatic carbocycles. The van der Waals surface area contributed by atoms with Crippen LogP contribution in [0.1, 0.15) is 27.6 Å². The van der Waals surface area contributed by atoms with E-state index in [1.54, 1.807) is 12.1 Å². The van der Waals surface area contributed by atoms with Crippen LogP contribution in [-0.4, -0.2) is 25.0 Å². The highest BCUT2D eigenvalue weighted by Crippen LogP contribution is 2.11. The van der Waals surface area contributed by atoms with Crippen LogP contribution in [0.15, 0.2) is 24.3 Å². The maximum Gasteiger partial charge on any atom is 0.346 e. The van der Waals surface area contributed by atoms with E-state index in [2.05, 4.69) is 9.47 Å². The maximum atomic E-state index is 11.4. The minimum atomic E-state index is -0.867. The first-order valence-electron chi connectivity index (χ1n) is 4.46. The van der Waals surface area contributed by atoms with Crippen molar-refractivity contribution >= 4 is 17.9 Å². The van der Waals surface area contributed by atoms with Gasteiger partial charge in [-0.1, -0.05) is 12.1 Å². The normalized spacial score (nSPS) is 9.38. The highest BCUT2D eigenvalue weighted by atomic mass is 16.6. The van der Waals surface area contributed by atoms with E-state index in [-0.39, 0.29) is 11.1 Å². The minimum Gasteiger partial charge on any atom is -0.465 e. The Morgan fingerprint density at radius 3 is 1.94 bits per heavy atom. The summed E-state index contributed by atoms with van der Waals surface area (Å²) in [5, 5.41) is 0. The number of hydrogen-bond acceptors (Lipinski definition) is 5. The molecule has 0 radical (unpaired) electrons. The number of carbonyl (C=O) groups excluding carboxylic acids is 3. The van der Waals surface area contributed by atoms with Crippen LogP contribution >= 0.6 is 0 Å². The van der Waals surface area contributed by atoms with Gasteiger partial charge in [0, 0.05) is 6.92 Å². The molecule has 5 nitrogen and oxygen atoms in total. The molecule has 0 aliphatic carbocycles. The van der Waals surface area contributed by atoms with Crippen LogP contribution in [0.5, 0.6) is 0 Å². The van der Waals surface area contributed by atoms with Gasteiger partial charge in [0.05, 0.1) is 18.2 Å². The fraction of sp³-hybridized carbons (Fsp3) is 0.182. The van der Waals surface area contributed by atoms with Crippen molar-refractivity contribution in [2.75, 3.05) is 7.11 Å². The largest absolute Gasteiger partial charge is 0.465 e. The lowest BCUT2D eigenvalue weighted by molar-refractivity contribution is -0.135. The molecule has 0 amide bonds. The molecule has 0 unspecified atom stereocenters. The van der Waals surface area contributed by atoms with Crippen LogP contribution in [0, 0.1) is 0 Å². The number of rotatable bonds is 2. The van der Waals surface area contributed by atoms with E-state index >= 15 is 0 Å². The Bertz CT molecular complexity index is 436. The Morgan fingerprint density at radius 1 is 1.00 bits per heavy atom. The number of ether oxygens (including phenoxy) is 2. The van der Waals surface area contributed by atoms with Crippen molar-refractivity contribution in [1.29, 1.82) is 0 Å². The first kappa shape index (κ1) is 11.9. The molecule has 0 N–H and O–H groups in total. The van der Waals surface area contributed by atoms with E-state index in [0.717, 1.165) is 6.92 Å². The number of methoxy groups -OCH3 is 1. The van der Waals surface area contributed by atoms with Gasteiger partial charge in [0.15, 0.2) is 0 Å². The van der Waals surface area contributed by atoms with Crippen molar-refractivity contribution in [1.82, 2.24) is 0 Å². The Morgan fingerprint density at radius 2 is 1.50 bits per heavy atom. The lowest BCUT2D eigenvalue weighted by atomic mass is 10.1. The SMILES string of the molecule is COC(=O)c1ccccc1C(=O)OC(C)=O. The number of esters is 3. The van der Waals surface area contributed by atoms with Gasteiger partial charge in [-0.15, -0.1) is 0 Å². The molecule has 0 spiro atoms. The number of benzene rings is 1. The summed E-state index contributed by atoms with van der Waals surface area (Å²) in [6, 6.07) is 5.94. The predicted octanol–water partition coefficient (Wildman–Crippen LogP) is 1.18.